The second-order valence-corrected chi connectivity index (χ2v) is 8.27. The van der Waals surface area contributed by atoms with E-state index in [2.05, 4.69) is 31.1 Å². The van der Waals surface area contributed by atoms with E-state index in [9.17, 15) is 4.79 Å². The zero-order chi connectivity index (χ0) is 14.0. The molecule has 0 unspecified atom stereocenters. The number of nitrogens with zero attached hydrogens (tertiary/aromatic N) is 1. The molecule has 0 radical (unpaired) electrons. The van der Waals surface area contributed by atoms with Crippen LogP contribution in [0.2, 0.25) is 0 Å². The molecule has 0 saturated carbocycles. The van der Waals surface area contributed by atoms with Gasteiger partial charge in [0.15, 0.2) is 0 Å². The smallest absolute Gasteiger partial charge is 0.263 e. The van der Waals surface area contributed by atoms with Gasteiger partial charge in [-0.25, -0.2) is 4.98 Å². The Labute approximate surface area is 123 Å². The van der Waals surface area contributed by atoms with E-state index in [1.54, 1.807) is 0 Å². The monoisotopic (exact) mass is 298 g/mol. The first kappa shape index (κ1) is 14.9. The van der Waals surface area contributed by atoms with Gasteiger partial charge >= 0.3 is 0 Å². The minimum Gasteiger partial charge on any atom is -0.348 e. The van der Waals surface area contributed by atoms with Gasteiger partial charge in [0.1, 0.15) is 4.88 Å². The number of hydrogen-bond acceptors (Lipinski definition) is 4. The molecule has 19 heavy (non-hydrogen) atoms. The van der Waals surface area contributed by atoms with Gasteiger partial charge in [-0.05, 0) is 31.3 Å². The number of thioether (sulfide) groups is 1. The first-order valence-corrected chi connectivity index (χ1v) is 8.71. The maximum Gasteiger partial charge on any atom is 0.263 e. The molecular weight excluding hydrogens is 276 g/mol. The second-order valence-electron chi connectivity index (χ2n) is 6.04. The molecule has 1 aliphatic rings. The molecule has 1 aromatic heterocycles. The third-order valence-corrected chi connectivity index (χ3v) is 5.83. The molecule has 1 aliphatic heterocycles. The van der Waals surface area contributed by atoms with Crippen molar-refractivity contribution in [3.63, 3.8) is 0 Å². The fraction of sp³-hybridized carbons (Fsp3) is 0.714. The van der Waals surface area contributed by atoms with E-state index in [0.29, 0.717) is 6.04 Å². The zero-order valence-corrected chi connectivity index (χ0v) is 13.7. The summed E-state index contributed by atoms with van der Waals surface area (Å²) in [4.78, 5) is 17.7. The molecule has 1 fully saturated rings. The van der Waals surface area contributed by atoms with Crippen molar-refractivity contribution in [2.24, 2.45) is 0 Å². The van der Waals surface area contributed by atoms with E-state index in [1.807, 2.05) is 18.7 Å². The van der Waals surface area contributed by atoms with Crippen LogP contribution in [-0.4, -0.2) is 28.4 Å². The Morgan fingerprint density at radius 1 is 1.32 bits per heavy atom. The third kappa shape index (κ3) is 3.72. The van der Waals surface area contributed by atoms with Crippen molar-refractivity contribution in [3.05, 3.63) is 15.6 Å². The Morgan fingerprint density at radius 2 is 1.95 bits per heavy atom. The Morgan fingerprint density at radius 3 is 2.47 bits per heavy atom. The largest absolute Gasteiger partial charge is 0.348 e. The molecule has 0 atom stereocenters. The number of thiazole rings is 1. The number of amides is 1. The van der Waals surface area contributed by atoms with Crippen molar-refractivity contribution in [3.8, 4) is 0 Å². The number of aryl methyl sites for hydroxylation is 1. The van der Waals surface area contributed by atoms with Gasteiger partial charge in [0.25, 0.3) is 5.91 Å². The molecule has 1 aromatic rings. The standard InChI is InChI=1S/C14H22N2OS2/c1-9-11(19-13(15-9)14(2,3)4)12(17)16-10-5-7-18-8-6-10/h10H,5-8H2,1-4H3,(H,16,17). The summed E-state index contributed by atoms with van der Waals surface area (Å²) < 4.78 is 0. The van der Waals surface area contributed by atoms with Crippen LogP contribution in [0.1, 0.15) is 54.0 Å². The van der Waals surface area contributed by atoms with Gasteiger partial charge in [-0.1, -0.05) is 20.8 Å². The van der Waals surface area contributed by atoms with Crippen LogP contribution in [0.5, 0.6) is 0 Å². The fourth-order valence-corrected chi connectivity index (χ4v) is 4.15. The highest BCUT2D eigenvalue weighted by atomic mass is 32.2. The van der Waals surface area contributed by atoms with Gasteiger partial charge in [0.05, 0.1) is 10.7 Å². The van der Waals surface area contributed by atoms with E-state index in [0.717, 1.165) is 39.9 Å². The van der Waals surface area contributed by atoms with E-state index >= 15 is 0 Å². The first-order chi connectivity index (χ1) is 8.88. The lowest BCUT2D eigenvalue weighted by atomic mass is 9.98. The minimum absolute atomic E-state index is 0.00936. The number of nitrogens with one attached hydrogen (secondary N) is 1. The van der Waals surface area contributed by atoms with Crippen LogP contribution in [0, 0.1) is 6.92 Å². The van der Waals surface area contributed by atoms with Crippen molar-refractivity contribution in [2.45, 2.75) is 52.0 Å². The maximum absolute atomic E-state index is 12.3. The van der Waals surface area contributed by atoms with Crippen molar-refractivity contribution >= 4 is 29.0 Å². The molecule has 2 heterocycles. The second kappa shape index (κ2) is 5.83. The topological polar surface area (TPSA) is 42.0 Å². The average Bonchev–Trinajstić information content (AvgIpc) is 2.72. The highest BCUT2D eigenvalue weighted by Gasteiger charge is 2.24. The van der Waals surface area contributed by atoms with Crippen molar-refractivity contribution in [1.29, 1.82) is 0 Å². The lowest BCUT2D eigenvalue weighted by Crippen LogP contribution is -2.37. The third-order valence-electron chi connectivity index (χ3n) is 3.20. The number of carbonyl (C=O) groups is 1. The van der Waals surface area contributed by atoms with Gasteiger partial charge in [-0.15, -0.1) is 11.3 Å². The zero-order valence-electron chi connectivity index (χ0n) is 12.1. The highest BCUT2D eigenvalue weighted by molar-refractivity contribution is 7.99. The SMILES string of the molecule is Cc1nc(C(C)(C)C)sc1C(=O)NC1CCSCC1. The molecule has 1 saturated heterocycles. The Balaban J connectivity index is 2.08. The van der Waals surface area contributed by atoms with Crippen molar-refractivity contribution < 1.29 is 4.79 Å². The van der Waals surface area contributed by atoms with Gasteiger partial charge in [-0.3, -0.25) is 4.79 Å². The summed E-state index contributed by atoms with van der Waals surface area (Å²) in [5, 5.41) is 4.20. The first-order valence-electron chi connectivity index (χ1n) is 6.74. The van der Waals surface area contributed by atoms with Gasteiger partial charge < -0.3 is 5.32 Å². The van der Waals surface area contributed by atoms with Crippen LogP contribution < -0.4 is 5.32 Å². The van der Waals surface area contributed by atoms with Crippen LogP contribution in [0.3, 0.4) is 0 Å². The van der Waals surface area contributed by atoms with Crippen molar-refractivity contribution in [2.75, 3.05) is 11.5 Å². The predicted octanol–water partition coefficient (Wildman–Crippen LogP) is 3.37. The predicted molar refractivity (Wildman–Crippen MR) is 83.4 cm³/mol. The van der Waals surface area contributed by atoms with E-state index < -0.39 is 0 Å². The number of rotatable bonds is 2. The van der Waals surface area contributed by atoms with Gasteiger partial charge in [0.2, 0.25) is 0 Å². The maximum atomic E-state index is 12.3. The summed E-state index contributed by atoms with van der Waals surface area (Å²) >= 11 is 3.51. The van der Waals surface area contributed by atoms with E-state index in [1.165, 1.54) is 11.3 Å². The molecule has 0 aromatic carbocycles. The molecule has 3 nitrogen and oxygen atoms in total. The van der Waals surface area contributed by atoms with E-state index in [4.69, 9.17) is 0 Å². The van der Waals surface area contributed by atoms with Crippen LogP contribution in [0.4, 0.5) is 0 Å². The van der Waals surface area contributed by atoms with Crippen LogP contribution in [0.25, 0.3) is 0 Å². The molecule has 1 amide bonds. The molecule has 2 rings (SSSR count). The summed E-state index contributed by atoms with van der Waals surface area (Å²) in [6.45, 7) is 8.32. The Kier molecular flexibility index (Phi) is 4.56. The Bertz CT molecular complexity index is 457. The molecule has 106 valence electrons. The number of carbonyl (C=O) groups excluding carboxylic acids is 1. The molecule has 0 aliphatic carbocycles. The van der Waals surface area contributed by atoms with Crippen LogP contribution in [-0.2, 0) is 5.41 Å². The molecular formula is C14H22N2OS2. The summed E-state index contributed by atoms with van der Waals surface area (Å²) in [6, 6.07) is 0.341. The highest BCUT2D eigenvalue weighted by Crippen LogP contribution is 2.29. The lowest BCUT2D eigenvalue weighted by Gasteiger charge is -2.22. The number of hydrogen-bond donors (Lipinski definition) is 1. The Hall–Kier alpha value is -0.550. The number of aromatic nitrogens is 1. The molecule has 1 N–H and O–H groups in total. The quantitative estimate of drug-likeness (QED) is 0.910. The average molecular weight is 298 g/mol. The summed E-state index contributed by atoms with van der Waals surface area (Å²) in [6.07, 6.45) is 2.17. The summed E-state index contributed by atoms with van der Waals surface area (Å²) in [7, 11) is 0. The lowest BCUT2D eigenvalue weighted by molar-refractivity contribution is 0.0938. The van der Waals surface area contributed by atoms with Gasteiger partial charge in [-0.2, -0.15) is 11.8 Å². The molecule has 0 spiro atoms. The fourth-order valence-electron chi connectivity index (χ4n) is 2.02. The molecule has 0 bridgehead atoms. The minimum atomic E-state index is 0.00936. The van der Waals surface area contributed by atoms with Crippen molar-refractivity contribution in [1.82, 2.24) is 10.3 Å². The van der Waals surface area contributed by atoms with Crippen LogP contribution in [0.15, 0.2) is 0 Å². The van der Waals surface area contributed by atoms with E-state index in [-0.39, 0.29) is 11.3 Å². The van der Waals surface area contributed by atoms with Crippen LogP contribution >= 0.6 is 23.1 Å². The summed E-state index contributed by atoms with van der Waals surface area (Å²) in [5.74, 6) is 2.36. The summed E-state index contributed by atoms with van der Waals surface area (Å²) in [5.41, 5.74) is 0.868. The normalized spacial score (nSPS) is 17.5. The van der Waals surface area contributed by atoms with Gasteiger partial charge in [0, 0.05) is 11.5 Å². The molecule has 5 heteroatoms.